The van der Waals surface area contributed by atoms with E-state index in [-0.39, 0.29) is 22.4 Å². The van der Waals surface area contributed by atoms with E-state index in [0.717, 1.165) is 0 Å². The number of ether oxygens (including phenoxy) is 1. The maximum Gasteiger partial charge on any atom is 0.326 e. The van der Waals surface area contributed by atoms with Gasteiger partial charge in [0.15, 0.2) is 0 Å². The van der Waals surface area contributed by atoms with E-state index in [4.69, 9.17) is 27.9 Å². The molecule has 2 amide bonds. The molecule has 0 spiro atoms. The molecule has 3 rings (SSSR count). The molecule has 0 aliphatic rings. The topological polar surface area (TPSA) is 67.3 Å². The van der Waals surface area contributed by atoms with Gasteiger partial charge in [0.1, 0.15) is 10.9 Å². The van der Waals surface area contributed by atoms with Gasteiger partial charge < -0.3 is 10.1 Å². The Bertz CT molecular complexity index is 998. The first-order chi connectivity index (χ1) is 14.4. The minimum Gasteiger partial charge on any atom is -0.497 e. The Morgan fingerprint density at radius 3 is 2.30 bits per heavy atom. The van der Waals surface area contributed by atoms with E-state index in [2.05, 4.69) is 15.3 Å². The summed E-state index contributed by atoms with van der Waals surface area (Å²) in [4.78, 5) is 23.2. The van der Waals surface area contributed by atoms with Crippen molar-refractivity contribution in [1.82, 2.24) is 9.97 Å². The monoisotopic (exact) mass is 444 g/mol. The van der Waals surface area contributed by atoms with Crippen molar-refractivity contribution in [3.05, 3.63) is 76.8 Å². The Hall–Kier alpha value is -2.83. The first kappa shape index (κ1) is 21.9. The van der Waals surface area contributed by atoms with Crippen LogP contribution in [0.3, 0.4) is 0 Å². The summed E-state index contributed by atoms with van der Waals surface area (Å²) in [5.74, 6) is 0.687. The van der Waals surface area contributed by atoms with Crippen molar-refractivity contribution in [1.29, 1.82) is 0 Å². The molecular weight excluding hydrogens is 423 g/mol. The predicted molar refractivity (Wildman–Crippen MR) is 121 cm³/mol. The summed E-state index contributed by atoms with van der Waals surface area (Å²) >= 11 is 12.3. The van der Waals surface area contributed by atoms with Crippen molar-refractivity contribution < 1.29 is 9.53 Å². The highest BCUT2D eigenvalue weighted by molar-refractivity contribution is 6.32. The van der Waals surface area contributed by atoms with E-state index in [0.29, 0.717) is 22.7 Å². The number of amides is 2. The number of carbonyl (C=O) groups excluding carboxylic acids is 1. The van der Waals surface area contributed by atoms with Gasteiger partial charge in [-0.1, -0.05) is 43.6 Å². The van der Waals surface area contributed by atoms with E-state index in [9.17, 15) is 4.79 Å². The van der Waals surface area contributed by atoms with Crippen molar-refractivity contribution in [2.75, 3.05) is 17.3 Å². The summed E-state index contributed by atoms with van der Waals surface area (Å²) in [5, 5.41) is 3.21. The highest BCUT2D eigenvalue weighted by Crippen LogP contribution is 2.37. The van der Waals surface area contributed by atoms with Gasteiger partial charge in [-0.05, 0) is 53.9 Å². The van der Waals surface area contributed by atoms with E-state index < -0.39 is 6.04 Å². The normalized spacial score (nSPS) is 11.8. The van der Waals surface area contributed by atoms with Crippen LogP contribution >= 0.6 is 23.2 Å². The molecule has 1 N–H and O–H groups in total. The third-order valence-electron chi connectivity index (χ3n) is 4.56. The van der Waals surface area contributed by atoms with Gasteiger partial charge in [-0.15, -0.1) is 0 Å². The molecule has 8 heteroatoms. The number of rotatable bonds is 6. The predicted octanol–water partition coefficient (Wildman–Crippen LogP) is 6.23. The number of urea groups is 1. The summed E-state index contributed by atoms with van der Waals surface area (Å²) in [6, 6.07) is 15.8. The Kier molecular flexibility index (Phi) is 7.13. The molecule has 2 aromatic carbocycles. The number of aromatic nitrogens is 2. The van der Waals surface area contributed by atoms with Crippen LogP contribution < -0.4 is 15.0 Å². The first-order valence-electron chi connectivity index (χ1n) is 9.38. The lowest BCUT2D eigenvalue weighted by Crippen LogP contribution is -2.40. The number of para-hydroxylation sites is 1. The van der Waals surface area contributed by atoms with Crippen molar-refractivity contribution in [2.45, 2.75) is 19.9 Å². The van der Waals surface area contributed by atoms with Crippen molar-refractivity contribution in [3.8, 4) is 5.75 Å². The molecular formula is C22H22Cl2N4O2. The average Bonchev–Trinajstić information content (AvgIpc) is 2.73. The molecule has 1 atom stereocenters. The summed E-state index contributed by atoms with van der Waals surface area (Å²) in [7, 11) is 1.59. The SMILES string of the molecule is COc1ccc(N(C(=O)Nc2ccccc2)C(c2cnc(Cl)nc2Cl)C(C)C)cc1. The second-order valence-corrected chi connectivity index (χ2v) is 7.63. The third-order valence-corrected chi connectivity index (χ3v) is 5.05. The standard InChI is InChI=1S/C22H22Cl2N4O2/c1-14(2)19(18-13-25-21(24)27-20(18)23)28(16-9-11-17(30-3)12-10-16)22(29)26-15-7-5-4-6-8-15/h4-14,19H,1-3H3,(H,26,29). The highest BCUT2D eigenvalue weighted by atomic mass is 35.5. The van der Waals surface area contributed by atoms with Crippen LogP contribution in [0.2, 0.25) is 10.4 Å². The molecule has 1 heterocycles. The fraction of sp³-hybridized carbons (Fsp3) is 0.227. The molecule has 3 aromatic rings. The smallest absolute Gasteiger partial charge is 0.326 e. The third kappa shape index (κ3) is 5.01. The molecule has 1 aromatic heterocycles. The lowest BCUT2D eigenvalue weighted by Gasteiger charge is -2.35. The minimum atomic E-state index is -0.438. The molecule has 156 valence electrons. The lowest BCUT2D eigenvalue weighted by atomic mass is 9.96. The average molecular weight is 445 g/mol. The summed E-state index contributed by atoms with van der Waals surface area (Å²) < 4.78 is 5.26. The summed E-state index contributed by atoms with van der Waals surface area (Å²) in [6.45, 7) is 4.00. The molecule has 0 saturated carbocycles. The second kappa shape index (κ2) is 9.78. The Morgan fingerprint density at radius 1 is 1.07 bits per heavy atom. The number of carbonyl (C=O) groups is 1. The van der Waals surface area contributed by atoms with Gasteiger partial charge in [0.2, 0.25) is 5.28 Å². The molecule has 30 heavy (non-hydrogen) atoms. The maximum atomic E-state index is 13.4. The zero-order valence-electron chi connectivity index (χ0n) is 16.8. The largest absolute Gasteiger partial charge is 0.497 e. The summed E-state index contributed by atoms with van der Waals surface area (Å²) in [5.41, 5.74) is 1.96. The highest BCUT2D eigenvalue weighted by Gasteiger charge is 2.32. The number of benzene rings is 2. The van der Waals surface area contributed by atoms with Crippen LogP contribution in [0.4, 0.5) is 16.2 Å². The number of methoxy groups -OCH3 is 1. The number of anilines is 2. The van der Waals surface area contributed by atoms with Crippen molar-refractivity contribution >= 4 is 40.6 Å². The zero-order valence-corrected chi connectivity index (χ0v) is 18.4. The van der Waals surface area contributed by atoms with E-state index in [1.54, 1.807) is 30.3 Å². The van der Waals surface area contributed by atoms with Crippen LogP contribution in [0.1, 0.15) is 25.5 Å². The van der Waals surface area contributed by atoms with Crippen LogP contribution in [0.5, 0.6) is 5.75 Å². The fourth-order valence-corrected chi connectivity index (χ4v) is 3.61. The van der Waals surface area contributed by atoms with Gasteiger partial charge in [-0.2, -0.15) is 0 Å². The van der Waals surface area contributed by atoms with Gasteiger partial charge >= 0.3 is 6.03 Å². The number of halogens is 2. The van der Waals surface area contributed by atoms with E-state index in [1.807, 2.05) is 56.3 Å². The number of nitrogens with one attached hydrogen (secondary N) is 1. The molecule has 1 unspecified atom stereocenters. The number of hydrogen-bond acceptors (Lipinski definition) is 4. The Balaban J connectivity index is 2.08. The fourth-order valence-electron chi connectivity index (χ4n) is 3.20. The van der Waals surface area contributed by atoms with Gasteiger partial charge in [0, 0.05) is 23.1 Å². The van der Waals surface area contributed by atoms with Gasteiger partial charge in [-0.25, -0.2) is 14.8 Å². The molecule has 0 saturated heterocycles. The van der Waals surface area contributed by atoms with E-state index >= 15 is 0 Å². The van der Waals surface area contributed by atoms with Crippen LogP contribution in [0.15, 0.2) is 60.8 Å². The van der Waals surface area contributed by atoms with Crippen molar-refractivity contribution in [2.24, 2.45) is 5.92 Å². The minimum absolute atomic E-state index is 0.00380. The molecule has 0 bridgehead atoms. The summed E-state index contributed by atoms with van der Waals surface area (Å²) in [6.07, 6.45) is 1.56. The van der Waals surface area contributed by atoms with Gasteiger partial charge in [0.05, 0.1) is 13.2 Å². The lowest BCUT2D eigenvalue weighted by molar-refractivity contribution is 0.252. The zero-order chi connectivity index (χ0) is 21.7. The van der Waals surface area contributed by atoms with Gasteiger partial charge in [-0.3, -0.25) is 4.90 Å². The van der Waals surface area contributed by atoms with Crippen LogP contribution in [-0.2, 0) is 0 Å². The van der Waals surface area contributed by atoms with Crippen LogP contribution in [0.25, 0.3) is 0 Å². The van der Waals surface area contributed by atoms with Gasteiger partial charge in [0.25, 0.3) is 0 Å². The van der Waals surface area contributed by atoms with E-state index in [1.165, 1.54) is 0 Å². The van der Waals surface area contributed by atoms with Crippen LogP contribution in [-0.4, -0.2) is 23.1 Å². The molecule has 0 aliphatic carbocycles. The van der Waals surface area contributed by atoms with Crippen LogP contribution in [0, 0.1) is 5.92 Å². The number of nitrogens with zero attached hydrogens (tertiary/aromatic N) is 3. The maximum absolute atomic E-state index is 13.4. The first-order valence-corrected chi connectivity index (χ1v) is 10.1. The Morgan fingerprint density at radius 2 is 1.73 bits per heavy atom. The molecule has 0 radical (unpaired) electrons. The molecule has 0 aliphatic heterocycles. The second-order valence-electron chi connectivity index (χ2n) is 6.94. The molecule has 0 fully saturated rings. The van der Waals surface area contributed by atoms with Crippen molar-refractivity contribution in [3.63, 3.8) is 0 Å². The quantitative estimate of drug-likeness (QED) is 0.361. The molecule has 6 nitrogen and oxygen atoms in total. The number of hydrogen-bond donors (Lipinski definition) is 1. The Labute approximate surface area is 185 Å².